The van der Waals surface area contributed by atoms with Crippen molar-refractivity contribution < 1.29 is 4.74 Å². The molecule has 0 spiro atoms. The Morgan fingerprint density at radius 2 is 2.33 bits per heavy atom. The Labute approximate surface area is 73.4 Å². The van der Waals surface area contributed by atoms with Crippen LogP contribution in [-0.4, -0.2) is 6.61 Å². The average Bonchev–Trinajstić information content (AvgIpc) is 2.47. The minimum atomic E-state index is 0.575. The molecule has 1 heteroatoms. The number of hydrogen-bond donors (Lipinski definition) is 0. The molecule has 0 saturated carbocycles. The van der Waals surface area contributed by atoms with Gasteiger partial charge in [-0.25, -0.2) is 0 Å². The zero-order valence-electron chi connectivity index (χ0n) is 7.63. The third-order valence-corrected chi connectivity index (χ3v) is 2.50. The molecular weight excluding hydrogens is 148 g/mol. The first-order valence-electron chi connectivity index (χ1n) is 4.57. The van der Waals surface area contributed by atoms with Gasteiger partial charge in [-0.15, -0.1) is 0 Å². The van der Waals surface area contributed by atoms with Gasteiger partial charge in [-0.2, -0.15) is 0 Å². The summed E-state index contributed by atoms with van der Waals surface area (Å²) in [5.41, 5.74) is 2.79. The van der Waals surface area contributed by atoms with Crippen molar-refractivity contribution in [2.75, 3.05) is 6.61 Å². The highest BCUT2D eigenvalue weighted by atomic mass is 16.5. The summed E-state index contributed by atoms with van der Waals surface area (Å²) < 4.78 is 5.51. The van der Waals surface area contributed by atoms with Gasteiger partial charge in [0.25, 0.3) is 0 Å². The molecule has 64 valence electrons. The van der Waals surface area contributed by atoms with Gasteiger partial charge in [-0.3, -0.25) is 0 Å². The molecule has 1 nitrogen and oxygen atoms in total. The van der Waals surface area contributed by atoms with E-state index >= 15 is 0 Å². The maximum Gasteiger partial charge on any atom is 0.122 e. The van der Waals surface area contributed by atoms with Crippen LogP contribution in [0.4, 0.5) is 0 Å². The maximum atomic E-state index is 5.51. The van der Waals surface area contributed by atoms with Crippen LogP contribution in [0.3, 0.4) is 0 Å². The van der Waals surface area contributed by atoms with E-state index in [2.05, 4.69) is 32.0 Å². The number of ether oxygens (including phenoxy) is 1. The fraction of sp³-hybridized carbons (Fsp3) is 0.455. The number of aryl methyl sites for hydroxylation is 1. The molecule has 0 N–H and O–H groups in total. The summed E-state index contributed by atoms with van der Waals surface area (Å²) in [5, 5.41) is 0. The van der Waals surface area contributed by atoms with Crippen molar-refractivity contribution in [2.24, 2.45) is 0 Å². The van der Waals surface area contributed by atoms with E-state index in [0.29, 0.717) is 5.92 Å². The lowest BCUT2D eigenvalue weighted by Crippen LogP contribution is -1.93. The van der Waals surface area contributed by atoms with Crippen LogP contribution in [0.15, 0.2) is 18.2 Å². The SMILES string of the molecule is CCc1ccc2c(c1)C(C)CO2. The van der Waals surface area contributed by atoms with Crippen LogP contribution >= 0.6 is 0 Å². The third-order valence-electron chi connectivity index (χ3n) is 2.50. The highest BCUT2D eigenvalue weighted by Gasteiger charge is 2.19. The summed E-state index contributed by atoms with van der Waals surface area (Å²) in [7, 11) is 0. The first-order valence-corrected chi connectivity index (χ1v) is 4.57. The Morgan fingerprint density at radius 1 is 1.50 bits per heavy atom. The van der Waals surface area contributed by atoms with Crippen LogP contribution in [-0.2, 0) is 6.42 Å². The monoisotopic (exact) mass is 162 g/mol. The molecule has 1 aliphatic rings. The second-order valence-corrected chi connectivity index (χ2v) is 3.44. The average molecular weight is 162 g/mol. The molecule has 1 atom stereocenters. The molecule has 1 unspecified atom stereocenters. The van der Waals surface area contributed by atoms with Crippen molar-refractivity contribution in [1.29, 1.82) is 0 Å². The van der Waals surface area contributed by atoms with E-state index in [-0.39, 0.29) is 0 Å². The van der Waals surface area contributed by atoms with Crippen LogP contribution in [0.5, 0.6) is 5.75 Å². The zero-order valence-corrected chi connectivity index (χ0v) is 7.63. The first kappa shape index (κ1) is 7.66. The summed E-state index contributed by atoms with van der Waals surface area (Å²) in [6.45, 7) is 5.25. The lowest BCUT2D eigenvalue weighted by Gasteiger charge is -2.02. The predicted molar refractivity (Wildman–Crippen MR) is 49.7 cm³/mol. The van der Waals surface area contributed by atoms with Crippen LogP contribution in [0.25, 0.3) is 0 Å². The Bertz CT molecular complexity index is 291. The second kappa shape index (κ2) is 2.81. The van der Waals surface area contributed by atoms with E-state index in [1.54, 1.807) is 0 Å². The van der Waals surface area contributed by atoms with Gasteiger partial charge in [0.1, 0.15) is 5.75 Å². The van der Waals surface area contributed by atoms with Crippen molar-refractivity contribution in [3.8, 4) is 5.75 Å². The van der Waals surface area contributed by atoms with Crippen molar-refractivity contribution in [2.45, 2.75) is 26.2 Å². The maximum absolute atomic E-state index is 5.51. The van der Waals surface area contributed by atoms with Crippen molar-refractivity contribution in [3.05, 3.63) is 29.3 Å². The van der Waals surface area contributed by atoms with Crippen LogP contribution in [0.2, 0.25) is 0 Å². The fourth-order valence-corrected chi connectivity index (χ4v) is 1.64. The molecule has 12 heavy (non-hydrogen) atoms. The predicted octanol–water partition coefficient (Wildman–Crippen LogP) is 2.74. The minimum absolute atomic E-state index is 0.575. The number of benzene rings is 1. The summed E-state index contributed by atoms with van der Waals surface area (Å²) in [5.74, 6) is 1.66. The Balaban J connectivity index is 2.43. The zero-order chi connectivity index (χ0) is 8.55. The third kappa shape index (κ3) is 1.09. The Hall–Kier alpha value is -0.980. The number of rotatable bonds is 1. The van der Waals surface area contributed by atoms with Crippen molar-refractivity contribution in [3.63, 3.8) is 0 Å². The minimum Gasteiger partial charge on any atom is -0.493 e. The van der Waals surface area contributed by atoms with E-state index in [4.69, 9.17) is 4.74 Å². The number of fused-ring (bicyclic) bond motifs is 1. The highest BCUT2D eigenvalue weighted by molar-refractivity contribution is 5.42. The van der Waals surface area contributed by atoms with Crippen LogP contribution in [0.1, 0.15) is 30.9 Å². The quantitative estimate of drug-likeness (QED) is 0.617. The molecule has 0 bridgehead atoms. The van der Waals surface area contributed by atoms with Crippen LogP contribution in [0, 0.1) is 0 Å². The van der Waals surface area contributed by atoms with Gasteiger partial charge in [0.2, 0.25) is 0 Å². The van der Waals surface area contributed by atoms with E-state index in [1.807, 2.05) is 0 Å². The number of hydrogen-bond acceptors (Lipinski definition) is 1. The molecule has 0 saturated heterocycles. The molecule has 1 aromatic carbocycles. The molecule has 0 radical (unpaired) electrons. The van der Waals surface area contributed by atoms with Gasteiger partial charge in [-0.05, 0) is 18.1 Å². The van der Waals surface area contributed by atoms with E-state index in [0.717, 1.165) is 18.8 Å². The first-order chi connectivity index (χ1) is 5.81. The van der Waals surface area contributed by atoms with Crippen molar-refractivity contribution >= 4 is 0 Å². The normalized spacial score (nSPS) is 20.3. The standard InChI is InChI=1S/C11H14O/c1-3-9-4-5-11-10(6-9)8(2)7-12-11/h4-6,8H,3,7H2,1-2H3. The molecule has 2 rings (SSSR count). The smallest absolute Gasteiger partial charge is 0.122 e. The summed E-state index contributed by atoms with van der Waals surface area (Å²) in [4.78, 5) is 0. The molecule has 1 aliphatic heterocycles. The topological polar surface area (TPSA) is 9.23 Å². The van der Waals surface area contributed by atoms with E-state index in [1.165, 1.54) is 11.1 Å². The molecule has 0 aromatic heterocycles. The largest absolute Gasteiger partial charge is 0.493 e. The van der Waals surface area contributed by atoms with E-state index in [9.17, 15) is 0 Å². The van der Waals surface area contributed by atoms with Gasteiger partial charge in [-0.1, -0.05) is 26.0 Å². The van der Waals surface area contributed by atoms with Gasteiger partial charge in [0.15, 0.2) is 0 Å². The van der Waals surface area contributed by atoms with Gasteiger partial charge >= 0.3 is 0 Å². The van der Waals surface area contributed by atoms with E-state index < -0.39 is 0 Å². The highest BCUT2D eigenvalue weighted by Crippen LogP contribution is 2.33. The second-order valence-electron chi connectivity index (χ2n) is 3.44. The molecular formula is C11H14O. The summed E-state index contributed by atoms with van der Waals surface area (Å²) in [6.07, 6.45) is 1.11. The molecule has 1 heterocycles. The lowest BCUT2D eigenvalue weighted by atomic mass is 10.0. The van der Waals surface area contributed by atoms with Gasteiger partial charge in [0, 0.05) is 11.5 Å². The lowest BCUT2D eigenvalue weighted by molar-refractivity contribution is 0.337. The molecule has 0 aliphatic carbocycles. The molecule has 1 aromatic rings. The summed E-state index contributed by atoms with van der Waals surface area (Å²) in [6, 6.07) is 6.52. The summed E-state index contributed by atoms with van der Waals surface area (Å²) >= 11 is 0. The Kier molecular flexibility index (Phi) is 1.80. The van der Waals surface area contributed by atoms with Crippen LogP contribution < -0.4 is 4.74 Å². The molecule has 0 amide bonds. The van der Waals surface area contributed by atoms with Gasteiger partial charge < -0.3 is 4.74 Å². The fourth-order valence-electron chi connectivity index (χ4n) is 1.64. The van der Waals surface area contributed by atoms with Gasteiger partial charge in [0.05, 0.1) is 6.61 Å². The van der Waals surface area contributed by atoms with Crippen molar-refractivity contribution in [1.82, 2.24) is 0 Å². The molecule has 0 fully saturated rings. The Morgan fingerprint density at radius 3 is 3.08 bits per heavy atom.